The smallest absolute Gasteiger partial charge is 0.256 e. The maximum atomic E-state index is 13.6. The molecule has 6 heteroatoms. The van der Waals surface area contributed by atoms with Crippen molar-refractivity contribution in [3.63, 3.8) is 0 Å². The lowest BCUT2D eigenvalue weighted by Gasteiger charge is -2.14. The number of halogens is 1. The van der Waals surface area contributed by atoms with Gasteiger partial charge in [0.05, 0.1) is 7.11 Å². The van der Waals surface area contributed by atoms with Gasteiger partial charge in [0.1, 0.15) is 0 Å². The van der Waals surface area contributed by atoms with Gasteiger partial charge in [0.2, 0.25) is 0 Å². The maximum Gasteiger partial charge on any atom is 0.256 e. The molecule has 0 aliphatic heterocycles. The number of nitrogens with zero attached hydrogens (tertiary/aromatic N) is 1. The molecule has 1 aromatic heterocycles. The second kappa shape index (κ2) is 5.55. The Morgan fingerprint density at radius 3 is 2.57 bits per heavy atom. The molecule has 0 aliphatic carbocycles. The van der Waals surface area contributed by atoms with E-state index < -0.39 is 11.7 Å². The number of benzene rings is 1. The van der Waals surface area contributed by atoms with Gasteiger partial charge in [0.15, 0.2) is 17.4 Å². The van der Waals surface area contributed by atoms with Crippen molar-refractivity contribution in [2.75, 3.05) is 12.4 Å². The standard InChI is InChI=1S/C15H18FN3O2/c1-15(2,3)12-8-13(19-18-12)17-14(20)9-5-6-11(21-4)10(16)7-9/h5-8H,1-4H3,(H2,17,18,19,20). The molecule has 0 radical (unpaired) electrons. The third kappa shape index (κ3) is 3.39. The summed E-state index contributed by atoms with van der Waals surface area (Å²) in [5.41, 5.74) is 1.01. The number of rotatable bonds is 3. The number of nitrogens with one attached hydrogen (secondary N) is 2. The fraction of sp³-hybridized carbons (Fsp3) is 0.333. The minimum atomic E-state index is -0.581. The molecular formula is C15H18FN3O2. The number of aromatic nitrogens is 2. The van der Waals surface area contributed by atoms with Gasteiger partial charge in [-0.25, -0.2) is 4.39 Å². The Kier molecular flexibility index (Phi) is 3.97. The Balaban J connectivity index is 2.14. The summed E-state index contributed by atoms with van der Waals surface area (Å²) in [7, 11) is 1.37. The van der Waals surface area contributed by atoms with Crippen LogP contribution in [0.1, 0.15) is 36.8 Å². The van der Waals surface area contributed by atoms with E-state index in [2.05, 4.69) is 15.5 Å². The molecule has 0 unspecified atom stereocenters. The van der Waals surface area contributed by atoms with Gasteiger partial charge in [-0.05, 0) is 18.2 Å². The molecule has 2 N–H and O–H groups in total. The number of ether oxygens (including phenoxy) is 1. The number of carbonyl (C=O) groups is 1. The number of hydrogen-bond donors (Lipinski definition) is 2. The minimum absolute atomic E-state index is 0.0950. The number of amides is 1. The van der Waals surface area contributed by atoms with Crippen LogP contribution in [0.15, 0.2) is 24.3 Å². The minimum Gasteiger partial charge on any atom is -0.494 e. The average molecular weight is 291 g/mol. The zero-order valence-corrected chi connectivity index (χ0v) is 12.5. The molecule has 0 bridgehead atoms. The highest BCUT2D eigenvalue weighted by atomic mass is 19.1. The monoisotopic (exact) mass is 291 g/mol. The first-order valence-corrected chi connectivity index (χ1v) is 6.52. The fourth-order valence-corrected chi connectivity index (χ4v) is 1.77. The van der Waals surface area contributed by atoms with Gasteiger partial charge in [0, 0.05) is 22.7 Å². The van der Waals surface area contributed by atoms with Crippen molar-refractivity contribution in [3.05, 3.63) is 41.3 Å². The van der Waals surface area contributed by atoms with Crippen LogP contribution in [0.2, 0.25) is 0 Å². The van der Waals surface area contributed by atoms with Gasteiger partial charge >= 0.3 is 0 Å². The summed E-state index contributed by atoms with van der Waals surface area (Å²) in [4.78, 5) is 12.1. The first-order chi connectivity index (χ1) is 9.81. The molecule has 0 spiro atoms. The summed E-state index contributed by atoms with van der Waals surface area (Å²) < 4.78 is 18.4. The lowest BCUT2D eigenvalue weighted by atomic mass is 9.92. The molecule has 0 fully saturated rings. The van der Waals surface area contributed by atoms with Crippen LogP contribution in [0.25, 0.3) is 0 Å². The average Bonchev–Trinajstić information content (AvgIpc) is 2.87. The van der Waals surface area contributed by atoms with Crippen LogP contribution in [-0.2, 0) is 5.41 Å². The number of anilines is 1. The van der Waals surface area contributed by atoms with E-state index in [9.17, 15) is 9.18 Å². The van der Waals surface area contributed by atoms with Gasteiger partial charge in [-0.3, -0.25) is 9.89 Å². The maximum absolute atomic E-state index is 13.6. The molecule has 21 heavy (non-hydrogen) atoms. The van der Waals surface area contributed by atoms with Gasteiger partial charge in [-0.15, -0.1) is 0 Å². The van der Waals surface area contributed by atoms with E-state index in [-0.39, 0.29) is 16.7 Å². The summed E-state index contributed by atoms with van der Waals surface area (Å²) in [5.74, 6) is -0.506. The number of H-pyrrole nitrogens is 1. The van der Waals surface area contributed by atoms with Crippen LogP contribution in [0, 0.1) is 5.82 Å². The predicted molar refractivity (Wildman–Crippen MR) is 78.2 cm³/mol. The molecule has 0 saturated heterocycles. The highest BCUT2D eigenvalue weighted by Crippen LogP contribution is 2.22. The van der Waals surface area contributed by atoms with Crippen LogP contribution in [-0.4, -0.2) is 23.2 Å². The third-order valence-electron chi connectivity index (χ3n) is 3.04. The summed E-state index contributed by atoms with van der Waals surface area (Å²) in [6.07, 6.45) is 0. The van der Waals surface area contributed by atoms with Crippen LogP contribution in [0.5, 0.6) is 5.75 Å². The molecule has 5 nitrogen and oxygen atoms in total. The van der Waals surface area contributed by atoms with Crippen molar-refractivity contribution in [2.45, 2.75) is 26.2 Å². The first-order valence-electron chi connectivity index (χ1n) is 6.52. The van der Waals surface area contributed by atoms with Crippen molar-refractivity contribution in [3.8, 4) is 5.75 Å². The fourth-order valence-electron chi connectivity index (χ4n) is 1.77. The van der Waals surface area contributed by atoms with E-state index in [4.69, 9.17) is 4.74 Å². The normalized spacial score (nSPS) is 11.3. The van der Waals surface area contributed by atoms with Crippen molar-refractivity contribution in [1.29, 1.82) is 0 Å². The molecule has 0 atom stereocenters. The SMILES string of the molecule is COc1ccc(C(=O)Nc2cc(C(C)(C)C)[nH]n2)cc1F. The van der Waals surface area contributed by atoms with E-state index in [1.807, 2.05) is 20.8 Å². The van der Waals surface area contributed by atoms with Crippen molar-refractivity contribution < 1.29 is 13.9 Å². The van der Waals surface area contributed by atoms with E-state index in [0.29, 0.717) is 5.82 Å². The zero-order valence-electron chi connectivity index (χ0n) is 12.5. The van der Waals surface area contributed by atoms with Crippen molar-refractivity contribution in [1.82, 2.24) is 10.2 Å². The lowest BCUT2D eigenvalue weighted by Crippen LogP contribution is -2.13. The molecule has 0 saturated carbocycles. The molecule has 2 rings (SSSR count). The van der Waals surface area contributed by atoms with Crippen LogP contribution >= 0.6 is 0 Å². The molecule has 0 aliphatic rings. The molecule has 112 valence electrons. The molecule has 1 amide bonds. The molecule has 1 aromatic carbocycles. The second-order valence-electron chi connectivity index (χ2n) is 5.72. The van der Waals surface area contributed by atoms with Crippen molar-refractivity contribution in [2.24, 2.45) is 0 Å². The van der Waals surface area contributed by atoms with E-state index in [1.165, 1.54) is 19.2 Å². The predicted octanol–water partition coefficient (Wildman–Crippen LogP) is 3.11. The number of carbonyl (C=O) groups excluding carboxylic acids is 1. The Hall–Kier alpha value is -2.37. The summed E-state index contributed by atoms with van der Waals surface area (Å²) in [6, 6.07) is 5.80. The van der Waals surface area contributed by atoms with E-state index in [1.54, 1.807) is 6.07 Å². The highest BCUT2D eigenvalue weighted by Gasteiger charge is 2.18. The van der Waals surface area contributed by atoms with E-state index >= 15 is 0 Å². The largest absolute Gasteiger partial charge is 0.494 e. The summed E-state index contributed by atoms with van der Waals surface area (Å²) in [5, 5.41) is 9.53. The first kappa shape index (κ1) is 15.0. The van der Waals surface area contributed by atoms with Crippen LogP contribution in [0.4, 0.5) is 10.2 Å². The van der Waals surface area contributed by atoms with Gasteiger partial charge < -0.3 is 10.1 Å². The third-order valence-corrected chi connectivity index (χ3v) is 3.04. The second-order valence-corrected chi connectivity index (χ2v) is 5.72. The molecular weight excluding hydrogens is 273 g/mol. The Morgan fingerprint density at radius 1 is 1.33 bits per heavy atom. The highest BCUT2D eigenvalue weighted by molar-refractivity contribution is 6.03. The quantitative estimate of drug-likeness (QED) is 0.913. The number of methoxy groups -OCH3 is 1. The lowest BCUT2D eigenvalue weighted by molar-refractivity contribution is 0.102. The van der Waals surface area contributed by atoms with Gasteiger partial charge in [-0.1, -0.05) is 20.8 Å². The van der Waals surface area contributed by atoms with Gasteiger partial charge in [0.25, 0.3) is 5.91 Å². The van der Waals surface area contributed by atoms with Gasteiger partial charge in [-0.2, -0.15) is 5.10 Å². The summed E-state index contributed by atoms with van der Waals surface area (Å²) >= 11 is 0. The molecule has 1 heterocycles. The molecule has 2 aromatic rings. The van der Waals surface area contributed by atoms with Crippen LogP contribution in [0.3, 0.4) is 0 Å². The van der Waals surface area contributed by atoms with E-state index in [0.717, 1.165) is 11.8 Å². The zero-order chi connectivity index (χ0) is 15.6. The number of hydrogen-bond acceptors (Lipinski definition) is 3. The Morgan fingerprint density at radius 2 is 2.05 bits per heavy atom. The topological polar surface area (TPSA) is 67.0 Å². The van der Waals surface area contributed by atoms with Crippen LogP contribution < -0.4 is 10.1 Å². The van der Waals surface area contributed by atoms with Crippen molar-refractivity contribution >= 4 is 11.7 Å². The summed E-state index contributed by atoms with van der Waals surface area (Å²) in [6.45, 7) is 6.10. The number of aromatic amines is 1. The Bertz CT molecular complexity index is 659. The Labute approximate surface area is 122 Å².